The fourth-order valence-corrected chi connectivity index (χ4v) is 2.68. The van der Waals surface area contributed by atoms with Gasteiger partial charge in [-0.1, -0.05) is 25.2 Å². The summed E-state index contributed by atoms with van der Waals surface area (Å²) in [7, 11) is 1.93. The van der Waals surface area contributed by atoms with Crippen molar-refractivity contribution in [3.63, 3.8) is 0 Å². The van der Waals surface area contributed by atoms with E-state index in [0.717, 1.165) is 11.6 Å². The molecular weight excluding hydrogens is 182 g/mol. The van der Waals surface area contributed by atoms with Crippen LogP contribution in [0.25, 0.3) is 0 Å². The maximum absolute atomic E-state index is 4.22. The maximum atomic E-state index is 4.22. The number of nitrogens with one attached hydrogen (secondary N) is 1. The molecule has 1 saturated carbocycles. The van der Waals surface area contributed by atoms with Crippen LogP contribution in [0.3, 0.4) is 0 Å². The zero-order valence-electron chi connectivity index (χ0n) is 8.29. The Hall–Kier alpha value is -0.480. The molecule has 0 saturated heterocycles. The van der Waals surface area contributed by atoms with Gasteiger partial charge in [-0.05, 0) is 18.9 Å². The van der Waals surface area contributed by atoms with Crippen LogP contribution in [0.4, 0.5) is 0 Å². The van der Waals surface area contributed by atoms with Crippen molar-refractivity contribution < 1.29 is 0 Å². The Balaban J connectivity index is 2.07. The molecular formula is C9H15N3S. The van der Waals surface area contributed by atoms with Gasteiger partial charge in [-0.15, -0.1) is 10.2 Å². The molecule has 1 atom stereocenters. The van der Waals surface area contributed by atoms with Crippen molar-refractivity contribution in [2.75, 3.05) is 7.05 Å². The predicted octanol–water partition coefficient (Wildman–Crippen LogP) is 1.77. The van der Waals surface area contributed by atoms with Crippen molar-refractivity contribution in [3.8, 4) is 0 Å². The molecule has 13 heavy (non-hydrogen) atoms. The third-order valence-electron chi connectivity index (χ3n) is 2.62. The number of hydrogen-bond acceptors (Lipinski definition) is 4. The van der Waals surface area contributed by atoms with Gasteiger partial charge in [0.25, 0.3) is 0 Å². The molecule has 0 spiro atoms. The van der Waals surface area contributed by atoms with Crippen molar-refractivity contribution in [1.29, 1.82) is 0 Å². The molecule has 72 valence electrons. The van der Waals surface area contributed by atoms with Crippen molar-refractivity contribution >= 4 is 11.3 Å². The predicted molar refractivity (Wildman–Crippen MR) is 53.8 cm³/mol. The largest absolute Gasteiger partial charge is 0.313 e. The van der Waals surface area contributed by atoms with Crippen LogP contribution in [0.15, 0.2) is 0 Å². The summed E-state index contributed by atoms with van der Waals surface area (Å²) in [5.41, 5.74) is 0.469. The van der Waals surface area contributed by atoms with Crippen LogP contribution in [0.2, 0.25) is 0 Å². The van der Waals surface area contributed by atoms with E-state index in [1.54, 1.807) is 11.3 Å². The van der Waals surface area contributed by atoms with Crippen LogP contribution in [0.1, 0.15) is 36.2 Å². The molecule has 1 aliphatic carbocycles. The lowest BCUT2D eigenvalue weighted by Gasteiger charge is -1.96. The summed E-state index contributed by atoms with van der Waals surface area (Å²) < 4.78 is 0. The average molecular weight is 197 g/mol. The molecule has 3 nitrogen and oxygen atoms in total. The van der Waals surface area contributed by atoms with Gasteiger partial charge in [0.1, 0.15) is 10.0 Å². The second kappa shape index (κ2) is 3.03. The maximum Gasteiger partial charge on any atom is 0.131 e. The van der Waals surface area contributed by atoms with Gasteiger partial charge in [0.05, 0.1) is 0 Å². The summed E-state index contributed by atoms with van der Waals surface area (Å²) in [5, 5.41) is 13.8. The topological polar surface area (TPSA) is 37.8 Å². The molecule has 0 aromatic carbocycles. The van der Waals surface area contributed by atoms with E-state index in [2.05, 4.69) is 29.4 Å². The number of nitrogens with zero attached hydrogens (tertiary/aromatic N) is 2. The van der Waals surface area contributed by atoms with Gasteiger partial charge in [0.15, 0.2) is 0 Å². The summed E-state index contributed by atoms with van der Waals surface area (Å²) in [6.45, 7) is 5.42. The lowest BCUT2D eigenvalue weighted by atomic mass is 10.1. The summed E-state index contributed by atoms with van der Waals surface area (Å²) in [6, 6.07) is 0. The normalized spacial score (nSPS) is 24.7. The Kier molecular flexibility index (Phi) is 2.12. The molecule has 1 N–H and O–H groups in total. The lowest BCUT2D eigenvalue weighted by molar-refractivity contribution is 0.618. The first kappa shape index (κ1) is 9.09. The van der Waals surface area contributed by atoms with E-state index in [1.807, 2.05) is 7.05 Å². The minimum absolute atomic E-state index is 0.469. The second-order valence-corrected chi connectivity index (χ2v) is 5.40. The van der Waals surface area contributed by atoms with Crippen molar-refractivity contribution in [1.82, 2.24) is 15.5 Å². The molecule has 2 rings (SSSR count). The van der Waals surface area contributed by atoms with E-state index in [0.29, 0.717) is 11.3 Å². The van der Waals surface area contributed by atoms with Crippen molar-refractivity contribution in [2.24, 2.45) is 5.41 Å². The first-order valence-electron chi connectivity index (χ1n) is 4.60. The molecule has 1 aliphatic rings. The molecule has 0 amide bonds. The van der Waals surface area contributed by atoms with Crippen LogP contribution in [-0.2, 0) is 6.54 Å². The van der Waals surface area contributed by atoms with E-state index in [4.69, 9.17) is 0 Å². The number of aromatic nitrogens is 2. The van der Waals surface area contributed by atoms with Gasteiger partial charge in [-0.25, -0.2) is 0 Å². The highest BCUT2D eigenvalue weighted by molar-refractivity contribution is 7.11. The smallest absolute Gasteiger partial charge is 0.131 e. The van der Waals surface area contributed by atoms with E-state index in [9.17, 15) is 0 Å². The Labute approximate surface area is 82.6 Å². The van der Waals surface area contributed by atoms with Crippen LogP contribution >= 0.6 is 11.3 Å². The molecule has 0 aliphatic heterocycles. The minimum atomic E-state index is 0.469. The Bertz CT molecular complexity index is 306. The summed E-state index contributed by atoms with van der Waals surface area (Å²) in [6.07, 6.45) is 1.27. The molecule has 1 fully saturated rings. The average Bonchev–Trinajstić information content (AvgIpc) is 2.52. The Morgan fingerprint density at radius 3 is 2.77 bits per heavy atom. The first-order chi connectivity index (χ1) is 6.13. The Morgan fingerprint density at radius 1 is 1.54 bits per heavy atom. The fraction of sp³-hybridized carbons (Fsp3) is 0.778. The van der Waals surface area contributed by atoms with Gasteiger partial charge >= 0.3 is 0 Å². The zero-order chi connectivity index (χ0) is 9.47. The second-order valence-electron chi connectivity index (χ2n) is 4.31. The number of rotatable bonds is 3. The molecule has 0 radical (unpaired) electrons. The van der Waals surface area contributed by atoms with E-state index < -0.39 is 0 Å². The summed E-state index contributed by atoms with van der Waals surface area (Å²) in [4.78, 5) is 0. The highest BCUT2D eigenvalue weighted by Crippen LogP contribution is 2.58. The van der Waals surface area contributed by atoms with Gasteiger partial charge in [-0.3, -0.25) is 0 Å². The molecule has 0 bridgehead atoms. The molecule has 1 aromatic heterocycles. The van der Waals surface area contributed by atoms with Gasteiger partial charge < -0.3 is 5.32 Å². The number of hydrogen-bond donors (Lipinski definition) is 1. The fourth-order valence-electron chi connectivity index (χ4n) is 1.52. The van der Waals surface area contributed by atoms with E-state index in [1.165, 1.54) is 11.4 Å². The minimum Gasteiger partial charge on any atom is -0.313 e. The standard InChI is InChI=1S/C9H15N3S/c1-9(2)4-6(9)8-12-11-7(13-8)5-10-3/h6,10H,4-5H2,1-3H3. The highest BCUT2D eigenvalue weighted by Gasteiger charge is 2.48. The molecule has 1 unspecified atom stereocenters. The Morgan fingerprint density at radius 2 is 2.23 bits per heavy atom. The van der Waals surface area contributed by atoms with Gasteiger partial charge in [-0.2, -0.15) is 0 Å². The summed E-state index contributed by atoms with van der Waals surface area (Å²) in [5.74, 6) is 0.663. The van der Waals surface area contributed by atoms with E-state index >= 15 is 0 Å². The quantitative estimate of drug-likeness (QED) is 0.802. The highest BCUT2D eigenvalue weighted by atomic mass is 32.1. The molecule has 1 heterocycles. The van der Waals surface area contributed by atoms with Crippen LogP contribution in [-0.4, -0.2) is 17.2 Å². The lowest BCUT2D eigenvalue weighted by Crippen LogP contribution is -2.04. The van der Waals surface area contributed by atoms with Crippen molar-refractivity contribution in [2.45, 2.75) is 32.7 Å². The van der Waals surface area contributed by atoms with Crippen LogP contribution < -0.4 is 5.32 Å². The monoisotopic (exact) mass is 197 g/mol. The third kappa shape index (κ3) is 1.74. The SMILES string of the molecule is CNCc1nnc(C2CC2(C)C)s1. The molecule has 4 heteroatoms. The van der Waals surface area contributed by atoms with Gasteiger partial charge in [0.2, 0.25) is 0 Å². The summed E-state index contributed by atoms with van der Waals surface area (Å²) >= 11 is 1.75. The van der Waals surface area contributed by atoms with E-state index in [-0.39, 0.29) is 0 Å². The van der Waals surface area contributed by atoms with Crippen molar-refractivity contribution in [3.05, 3.63) is 10.0 Å². The first-order valence-corrected chi connectivity index (χ1v) is 5.42. The third-order valence-corrected chi connectivity index (χ3v) is 3.66. The van der Waals surface area contributed by atoms with Crippen LogP contribution in [0, 0.1) is 5.41 Å². The van der Waals surface area contributed by atoms with Crippen LogP contribution in [0.5, 0.6) is 0 Å². The molecule has 1 aromatic rings. The zero-order valence-corrected chi connectivity index (χ0v) is 9.11. The van der Waals surface area contributed by atoms with Gasteiger partial charge in [0, 0.05) is 12.5 Å².